The van der Waals surface area contributed by atoms with E-state index in [1.165, 1.54) is 51.4 Å². The first kappa shape index (κ1) is 16.1. The maximum atomic E-state index is 3.72. The lowest BCUT2D eigenvalue weighted by Crippen LogP contribution is -2.26. The van der Waals surface area contributed by atoms with Gasteiger partial charge in [-0.25, -0.2) is 0 Å². The number of rotatable bonds is 5. The highest BCUT2D eigenvalue weighted by Gasteiger charge is 2.29. The summed E-state index contributed by atoms with van der Waals surface area (Å²) in [7, 11) is 0. The van der Waals surface area contributed by atoms with Gasteiger partial charge in [0.1, 0.15) is 0 Å². The molecule has 0 bridgehead atoms. The fourth-order valence-corrected chi connectivity index (χ4v) is 3.36. The van der Waals surface area contributed by atoms with E-state index >= 15 is 0 Å². The third kappa shape index (κ3) is 6.25. The van der Waals surface area contributed by atoms with Crippen LogP contribution >= 0.6 is 0 Å². The van der Waals surface area contributed by atoms with E-state index in [1.807, 2.05) is 0 Å². The van der Waals surface area contributed by atoms with E-state index in [0.717, 1.165) is 24.2 Å². The molecule has 0 amide bonds. The van der Waals surface area contributed by atoms with Crippen molar-refractivity contribution in [3.63, 3.8) is 0 Å². The van der Waals surface area contributed by atoms with Crippen LogP contribution in [0.5, 0.6) is 0 Å². The molecule has 2 rings (SSSR count). The Bertz CT molecular complexity index is 174. The van der Waals surface area contributed by atoms with Gasteiger partial charge in [0, 0.05) is 0 Å². The predicted octanol–water partition coefficient (Wildman–Crippen LogP) is 6.40. The first-order valence-corrected chi connectivity index (χ1v) is 8.57. The number of hydrogen-bond acceptors (Lipinski definition) is 0. The lowest BCUT2D eigenvalue weighted by atomic mass is 9.69. The smallest absolute Gasteiger partial charge is 0.0386 e. The molecule has 0 aromatic rings. The molecular formula is C18H35. The van der Waals surface area contributed by atoms with Crippen LogP contribution in [0, 0.1) is 24.7 Å². The van der Waals surface area contributed by atoms with Gasteiger partial charge in [0.05, 0.1) is 0 Å². The summed E-state index contributed by atoms with van der Waals surface area (Å²) in [6, 6.07) is 0. The van der Waals surface area contributed by atoms with Gasteiger partial charge < -0.3 is 0 Å². The van der Waals surface area contributed by atoms with Crippen molar-refractivity contribution in [1.29, 1.82) is 0 Å². The Balaban J connectivity index is 0.000000232. The molecule has 0 nitrogen and oxygen atoms in total. The van der Waals surface area contributed by atoms with Crippen LogP contribution in [0.3, 0.4) is 0 Å². The minimum absolute atomic E-state index is 1.06. The van der Waals surface area contributed by atoms with Crippen LogP contribution in [-0.2, 0) is 0 Å². The van der Waals surface area contributed by atoms with Crippen molar-refractivity contribution in [2.24, 2.45) is 17.8 Å². The molecule has 2 fully saturated rings. The van der Waals surface area contributed by atoms with Crippen molar-refractivity contribution in [2.75, 3.05) is 0 Å². The molecule has 2 atom stereocenters. The Morgan fingerprint density at radius 3 is 2.06 bits per heavy atom. The maximum absolute atomic E-state index is 3.72. The van der Waals surface area contributed by atoms with E-state index in [4.69, 9.17) is 0 Å². The van der Waals surface area contributed by atoms with Gasteiger partial charge in [0.15, 0.2) is 0 Å². The summed E-state index contributed by atoms with van der Waals surface area (Å²) in [6.07, 6.45) is 17.3. The zero-order valence-electron chi connectivity index (χ0n) is 12.9. The van der Waals surface area contributed by atoms with Crippen molar-refractivity contribution < 1.29 is 0 Å². The molecular weight excluding hydrogens is 216 g/mol. The van der Waals surface area contributed by atoms with Gasteiger partial charge in [0.25, 0.3) is 0 Å². The summed E-state index contributed by atoms with van der Waals surface area (Å²) in [4.78, 5) is 0. The normalized spacial score (nSPS) is 28.2. The molecule has 0 aliphatic heterocycles. The fourth-order valence-electron chi connectivity index (χ4n) is 3.36. The van der Waals surface area contributed by atoms with Crippen LogP contribution in [0.4, 0.5) is 0 Å². The molecule has 2 unspecified atom stereocenters. The average molecular weight is 251 g/mol. The van der Waals surface area contributed by atoms with Crippen molar-refractivity contribution in [3.8, 4) is 0 Å². The minimum atomic E-state index is 1.06. The van der Waals surface area contributed by atoms with Gasteiger partial charge in [-0.15, -0.1) is 0 Å². The fraction of sp³-hybridized carbons (Fsp3) is 0.944. The van der Waals surface area contributed by atoms with Gasteiger partial charge in [-0.3, -0.25) is 0 Å². The Kier molecular flexibility index (Phi) is 8.80. The largest absolute Gasteiger partial charge is 0.0654 e. The molecule has 2 saturated carbocycles. The van der Waals surface area contributed by atoms with Crippen molar-refractivity contribution in [3.05, 3.63) is 6.92 Å². The van der Waals surface area contributed by atoms with Crippen molar-refractivity contribution >= 4 is 0 Å². The molecule has 0 N–H and O–H groups in total. The molecule has 0 aromatic carbocycles. The molecule has 0 spiro atoms. The topological polar surface area (TPSA) is 0 Å². The first-order chi connectivity index (χ1) is 8.77. The van der Waals surface area contributed by atoms with Crippen LogP contribution in [-0.4, -0.2) is 0 Å². The molecule has 0 saturated heterocycles. The van der Waals surface area contributed by atoms with E-state index in [0.29, 0.717) is 0 Å². The quantitative estimate of drug-likeness (QED) is 0.496. The molecule has 0 aromatic heterocycles. The van der Waals surface area contributed by atoms with E-state index in [9.17, 15) is 0 Å². The van der Waals surface area contributed by atoms with E-state index < -0.39 is 0 Å². The summed E-state index contributed by atoms with van der Waals surface area (Å²) in [5.74, 6) is 3.30. The summed E-state index contributed by atoms with van der Waals surface area (Å²) >= 11 is 0. The van der Waals surface area contributed by atoms with Crippen LogP contribution < -0.4 is 0 Å². The third-order valence-electron chi connectivity index (χ3n) is 5.01. The van der Waals surface area contributed by atoms with Crippen molar-refractivity contribution in [1.82, 2.24) is 0 Å². The third-order valence-corrected chi connectivity index (χ3v) is 5.01. The second-order valence-electron chi connectivity index (χ2n) is 6.62. The summed E-state index contributed by atoms with van der Waals surface area (Å²) in [5, 5.41) is 0. The highest BCUT2D eigenvalue weighted by molar-refractivity contribution is 4.80. The SMILES string of the molecule is CC1CCC1CC1CCCCC1.[CH2]CCCCC. The average Bonchev–Trinajstić information content (AvgIpc) is 2.43. The molecule has 2 aliphatic rings. The molecule has 18 heavy (non-hydrogen) atoms. The van der Waals surface area contributed by atoms with Crippen LogP contribution in [0.25, 0.3) is 0 Å². The second kappa shape index (κ2) is 9.87. The maximum Gasteiger partial charge on any atom is -0.0386 e. The molecule has 0 heteroatoms. The molecule has 0 heterocycles. The van der Waals surface area contributed by atoms with Gasteiger partial charge in [0.2, 0.25) is 0 Å². The number of unbranched alkanes of at least 4 members (excludes halogenated alkanes) is 3. The molecule has 2 aliphatic carbocycles. The Hall–Kier alpha value is 0. The Morgan fingerprint density at radius 1 is 0.944 bits per heavy atom. The summed E-state index contributed by atoms with van der Waals surface area (Å²) < 4.78 is 0. The minimum Gasteiger partial charge on any atom is -0.0654 e. The van der Waals surface area contributed by atoms with Crippen LogP contribution in [0.1, 0.15) is 90.9 Å². The number of hydrogen-bond donors (Lipinski definition) is 0. The lowest BCUT2D eigenvalue weighted by molar-refractivity contribution is 0.142. The van der Waals surface area contributed by atoms with Gasteiger partial charge in [-0.05, 0) is 30.6 Å². The lowest BCUT2D eigenvalue weighted by Gasteiger charge is -2.37. The van der Waals surface area contributed by atoms with Gasteiger partial charge in [-0.1, -0.05) is 85.0 Å². The van der Waals surface area contributed by atoms with Gasteiger partial charge >= 0.3 is 0 Å². The molecule has 107 valence electrons. The van der Waals surface area contributed by atoms with Crippen LogP contribution in [0.15, 0.2) is 0 Å². The van der Waals surface area contributed by atoms with E-state index in [-0.39, 0.29) is 0 Å². The highest BCUT2D eigenvalue weighted by atomic mass is 14.3. The predicted molar refractivity (Wildman–Crippen MR) is 82.6 cm³/mol. The summed E-state index contributed by atoms with van der Waals surface area (Å²) in [6.45, 7) is 8.37. The van der Waals surface area contributed by atoms with E-state index in [1.54, 1.807) is 19.3 Å². The van der Waals surface area contributed by atoms with Crippen LogP contribution in [0.2, 0.25) is 0 Å². The molecule has 1 radical (unpaired) electrons. The zero-order valence-corrected chi connectivity index (χ0v) is 12.9. The van der Waals surface area contributed by atoms with E-state index in [2.05, 4.69) is 20.8 Å². The second-order valence-corrected chi connectivity index (χ2v) is 6.62. The monoisotopic (exact) mass is 251 g/mol. The standard InChI is InChI=1S/C12H22.C6H13/c1-10-7-8-12(10)9-11-5-3-2-4-6-11;1-3-5-6-4-2/h10-12H,2-9H2,1H3;1,3-6H2,2H3. The van der Waals surface area contributed by atoms with Crippen molar-refractivity contribution in [2.45, 2.75) is 90.9 Å². The first-order valence-electron chi connectivity index (χ1n) is 8.57. The zero-order chi connectivity index (χ0) is 13.2. The Morgan fingerprint density at radius 2 is 1.67 bits per heavy atom. The Labute approximate surface area is 116 Å². The highest BCUT2D eigenvalue weighted by Crippen LogP contribution is 2.41. The van der Waals surface area contributed by atoms with Gasteiger partial charge in [-0.2, -0.15) is 0 Å². The summed E-state index contributed by atoms with van der Waals surface area (Å²) in [5.41, 5.74) is 0.